The van der Waals surface area contributed by atoms with Gasteiger partial charge in [-0.25, -0.2) is 0 Å². The van der Waals surface area contributed by atoms with Crippen LogP contribution in [-0.2, 0) is 18.4 Å². The van der Waals surface area contributed by atoms with Crippen molar-refractivity contribution in [1.29, 1.82) is 0 Å². The van der Waals surface area contributed by atoms with Crippen LogP contribution in [0.5, 0.6) is 0 Å². The first-order valence-electron chi connectivity index (χ1n) is 15.4. The lowest BCUT2D eigenvalue weighted by Gasteiger charge is -2.29. The minimum atomic E-state index is -4.56. The summed E-state index contributed by atoms with van der Waals surface area (Å²) in [5, 5.41) is 13.4. The molecule has 0 bridgehead atoms. The van der Waals surface area contributed by atoms with Gasteiger partial charge in [0.25, 0.3) is 7.82 Å². The van der Waals surface area contributed by atoms with E-state index in [4.69, 9.17) is 9.05 Å². The molecule has 1 amide bonds. The summed E-state index contributed by atoms with van der Waals surface area (Å²) in [6.07, 6.45) is 25.1. The maximum absolute atomic E-state index is 12.6. The number of hydrogen-bond acceptors (Lipinski definition) is 6. The molecule has 0 aromatic rings. The van der Waals surface area contributed by atoms with Gasteiger partial charge in [-0.2, -0.15) is 0 Å². The monoisotopic (exact) mass is 586 g/mol. The van der Waals surface area contributed by atoms with Crippen molar-refractivity contribution in [1.82, 2.24) is 5.32 Å². The molecule has 234 valence electrons. The zero-order valence-corrected chi connectivity index (χ0v) is 26.9. The molecular weight excluding hydrogens is 527 g/mol. The molecule has 3 atom stereocenters. The number of aliphatic hydroxyl groups is 1. The first-order valence-corrected chi connectivity index (χ1v) is 16.8. The molecule has 0 aromatic carbocycles. The second-order valence-corrected chi connectivity index (χ2v) is 12.9. The number of amides is 1. The second-order valence-electron chi connectivity index (χ2n) is 11.5. The number of nitrogens with one attached hydrogen (secondary N) is 1. The number of phosphoric ester groups is 1. The van der Waals surface area contributed by atoms with Gasteiger partial charge >= 0.3 is 0 Å². The molecule has 0 rings (SSSR count). The Kier molecular flexibility index (Phi) is 23.6. The molecule has 0 aliphatic rings. The van der Waals surface area contributed by atoms with Crippen LogP contribution in [0.15, 0.2) is 36.5 Å². The van der Waals surface area contributed by atoms with E-state index in [1.54, 1.807) is 6.08 Å². The first-order chi connectivity index (χ1) is 19.0. The van der Waals surface area contributed by atoms with Gasteiger partial charge in [0.2, 0.25) is 5.91 Å². The van der Waals surface area contributed by atoms with Crippen molar-refractivity contribution in [3.05, 3.63) is 36.5 Å². The van der Waals surface area contributed by atoms with E-state index in [-0.39, 0.29) is 19.1 Å². The fourth-order valence-corrected chi connectivity index (χ4v) is 4.50. The van der Waals surface area contributed by atoms with E-state index in [9.17, 15) is 19.4 Å². The molecule has 0 saturated heterocycles. The van der Waals surface area contributed by atoms with E-state index in [1.807, 2.05) is 27.2 Å². The smallest absolute Gasteiger partial charge is 0.268 e. The van der Waals surface area contributed by atoms with Crippen LogP contribution in [0.4, 0.5) is 0 Å². The normalized spacial score (nSPS) is 15.7. The number of phosphoric acid groups is 1. The molecule has 2 N–H and O–H groups in total. The highest BCUT2D eigenvalue weighted by Gasteiger charge is 2.23. The van der Waals surface area contributed by atoms with Crippen molar-refractivity contribution in [2.75, 3.05) is 40.9 Å². The minimum Gasteiger partial charge on any atom is -0.756 e. The zero-order valence-electron chi connectivity index (χ0n) is 26.0. The third kappa shape index (κ3) is 25.7. The van der Waals surface area contributed by atoms with Crippen LogP contribution in [-0.4, -0.2) is 68.5 Å². The Balaban J connectivity index is 4.53. The highest BCUT2D eigenvalue weighted by atomic mass is 31.2. The van der Waals surface area contributed by atoms with Gasteiger partial charge in [0.1, 0.15) is 13.2 Å². The summed E-state index contributed by atoms with van der Waals surface area (Å²) in [7, 11) is 1.23. The molecule has 0 aromatic heterocycles. The minimum absolute atomic E-state index is 0.00608. The molecule has 0 radical (unpaired) electrons. The number of unbranched alkanes of at least 4 members (excludes halogenated alkanes) is 9. The lowest BCUT2D eigenvalue weighted by atomic mass is 10.1. The molecule has 0 fully saturated rings. The van der Waals surface area contributed by atoms with Gasteiger partial charge in [0.15, 0.2) is 0 Å². The van der Waals surface area contributed by atoms with Crippen LogP contribution < -0.4 is 10.2 Å². The van der Waals surface area contributed by atoms with Gasteiger partial charge in [-0.05, 0) is 44.9 Å². The van der Waals surface area contributed by atoms with Crippen LogP contribution in [0.2, 0.25) is 0 Å². The molecule has 40 heavy (non-hydrogen) atoms. The topological polar surface area (TPSA) is 108 Å². The molecule has 3 unspecified atom stereocenters. The van der Waals surface area contributed by atoms with Crippen LogP contribution in [0.1, 0.15) is 104 Å². The van der Waals surface area contributed by atoms with E-state index >= 15 is 0 Å². The molecule has 8 nitrogen and oxygen atoms in total. The van der Waals surface area contributed by atoms with Crippen molar-refractivity contribution in [2.45, 2.75) is 116 Å². The van der Waals surface area contributed by atoms with Gasteiger partial charge in [0, 0.05) is 6.42 Å². The summed E-state index contributed by atoms with van der Waals surface area (Å²) in [6, 6.07) is -0.886. The van der Waals surface area contributed by atoms with Gasteiger partial charge in [-0.3, -0.25) is 9.36 Å². The number of allylic oxidation sites excluding steroid dienone is 5. The van der Waals surface area contributed by atoms with Crippen LogP contribution >= 0.6 is 7.82 Å². The van der Waals surface area contributed by atoms with Crippen molar-refractivity contribution < 1.29 is 32.9 Å². The molecule has 9 heteroatoms. The zero-order chi connectivity index (χ0) is 30.1. The Morgan fingerprint density at radius 3 is 2.17 bits per heavy atom. The third-order valence-corrected chi connectivity index (χ3v) is 7.29. The number of carbonyl (C=O) groups excluding carboxylic acids is 1. The predicted octanol–water partition coefficient (Wildman–Crippen LogP) is 6.21. The fourth-order valence-electron chi connectivity index (χ4n) is 3.77. The van der Waals surface area contributed by atoms with Crippen molar-refractivity contribution in [3.63, 3.8) is 0 Å². The maximum Gasteiger partial charge on any atom is 0.268 e. The standard InChI is InChI=1S/C31H59N2O6P/c1-6-8-10-12-13-14-15-16-17-18-19-21-23-25-31(35)32-29(30(34)24-22-20-11-9-7-2)28-39-40(36,37)38-27-26-33(3,4)5/h10,12,14-15,22,24,29-30,34H,6-9,11,13,16-21,23,25-28H2,1-5H3,(H-,32,35,36,37)/b12-10-,15-14-,24-22+. The summed E-state index contributed by atoms with van der Waals surface area (Å²) in [6.45, 7) is 4.40. The Bertz CT molecular complexity index is 763. The number of aliphatic hydroxyl groups excluding tert-OH is 1. The van der Waals surface area contributed by atoms with Crippen molar-refractivity contribution >= 4 is 13.7 Å². The number of carbonyl (C=O) groups is 1. The van der Waals surface area contributed by atoms with Crippen LogP contribution in [0.25, 0.3) is 0 Å². The Morgan fingerprint density at radius 2 is 1.50 bits per heavy atom. The largest absolute Gasteiger partial charge is 0.756 e. The van der Waals surface area contributed by atoms with Crippen molar-refractivity contribution in [2.24, 2.45) is 0 Å². The van der Waals surface area contributed by atoms with Crippen molar-refractivity contribution in [3.8, 4) is 0 Å². The van der Waals surface area contributed by atoms with E-state index < -0.39 is 20.0 Å². The molecule has 0 saturated carbocycles. The van der Waals surface area contributed by atoms with Crippen LogP contribution in [0, 0.1) is 0 Å². The van der Waals surface area contributed by atoms with E-state index in [0.717, 1.165) is 77.0 Å². The fraction of sp³-hybridized carbons (Fsp3) is 0.774. The molecule has 0 aliphatic heterocycles. The Hall–Kier alpha value is -1.28. The second kappa shape index (κ2) is 24.3. The average molecular weight is 587 g/mol. The highest BCUT2D eigenvalue weighted by Crippen LogP contribution is 2.38. The Labute approximate surface area is 245 Å². The quantitative estimate of drug-likeness (QED) is 0.0540. The number of hydrogen-bond donors (Lipinski definition) is 2. The van der Waals surface area contributed by atoms with E-state index in [2.05, 4.69) is 43.5 Å². The van der Waals surface area contributed by atoms with Gasteiger partial charge in [-0.15, -0.1) is 0 Å². The number of rotatable bonds is 26. The molecule has 0 spiro atoms. The first kappa shape index (κ1) is 38.7. The predicted molar refractivity (Wildman–Crippen MR) is 164 cm³/mol. The van der Waals surface area contributed by atoms with Gasteiger partial charge in [0.05, 0.1) is 39.9 Å². The number of nitrogens with zero attached hydrogens (tertiary/aromatic N) is 1. The SMILES string of the molecule is CCC/C=C\C/C=C\CCCCCCCC(=O)NC(COP(=O)([O-])OCC[N+](C)(C)C)C(O)/C=C/CCCCC. The van der Waals surface area contributed by atoms with E-state index in [1.165, 1.54) is 6.42 Å². The molecular formula is C31H59N2O6P. The van der Waals surface area contributed by atoms with Gasteiger partial charge < -0.3 is 28.8 Å². The summed E-state index contributed by atoms with van der Waals surface area (Å²) in [5.74, 6) is -0.224. The molecule has 0 heterocycles. The summed E-state index contributed by atoms with van der Waals surface area (Å²) >= 11 is 0. The number of likely N-dealkylation sites (N-methyl/N-ethyl adjacent to an activating group) is 1. The third-order valence-electron chi connectivity index (χ3n) is 6.33. The average Bonchev–Trinajstić information content (AvgIpc) is 2.88. The maximum atomic E-state index is 12.6. The highest BCUT2D eigenvalue weighted by molar-refractivity contribution is 7.45. The summed E-state index contributed by atoms with van der Waals surface area (Å²) < 4.78 is 22.8. The summed E-state index contributed by atoms with van der Waals surface area (Å²) in [5.41, 5.74) is 0. The lowest BCUT2D eigenvalue weighted by Crippen LogP contribution is -2.45. The Morgan fingerprint density at radius 1 is 0.875 bits per heavy atom. The lowest BCUT2D eigenvalue weighted by molar-refractivity contribution is -0.870. The van der Waals surface area contributed by atoms with Gasteiger partial charge in [-0.1, -0.05) is 88.8 Å². The number of quaternary nitrogens is 1. The van der Waals surface area contributed by atoms with Crippen LogP contribution in [0.3, 0.4) is 0 Å². The molecule has 0 aliphatic carbocycles. The summed E-state index contributed by atoms with van der Waals surface area (Å²) in [4.78, 5) is 24.8. The van der Waals surface area contributed by atoms with E-state index in [0.29, 0.717) is 17.4 Å².